The summed E-state index contributed by atoms with van der Waals surface area (Å²) in [5, 5.41) is 3.66. The van der Waals surface area contributed by atoms with Crippen LogP contribution in [-0.4, -0.2) is 6.54 Å². The molecule has 1 atom stereocenters. The van der Waals surface area contributed by atoms with E-state index in [0.29, 0.717) is 6.04 Å². The molecule has 0 spiro atoms. The molecule has 1 aromatic carbocycles. The fourth-order valence-electron chi connectivity index (χ4n) is 2.20. The van der Waals surface area contributed by atoms with Crippen molar-refractivity contribution in [2.75, 3.05) is 6.54 Å². The minimum Gasteiger partial charge on any atom is -0.306 e. The molecule has 0 saturated heterocycles. The first-order valence-corrected chi connectivity index (χ1v) is 8.28. The number of hydrogen-bond acceptors (Lipinski definition) is 2. The zero-order valence-electron chi connectivity index (χ0n) is 11.7. The Morgan fingerprint density at radius 2 is 1.89 bits per heavy atom. The number of hydrogen-bond donors (Lipinski definition) is 1. The minimum absolute atomic E-state index is 0.295. The Morgan fingerprint density at radius 3 is 2.42 bits per heavy atom. The zero-order chi connectivity index (χ0) is 13.8. The molecular formula is C16H20BrNS. The second kappa shape index (κ2) is 6.69. The average molecular weight is 338 g/mol. The summed E-state index contributed by atoms with van der Waals surface area (Å²) in [5.74, 6) is 0. The van der Waals surface area contributed by atoms with E-state index >= 15 is 0 Å². The van der Waals surface area contributed by atoms with E-state index in [1.54, 1.807) is 11.3 Å². The van der Waals surface area contributed by atoms with E-state index in [-0.39, 0.29) is 0 Å². The molecule has 1 unspecified atom stereocenters. The molecule has 0 fully saturated rings. The molecule has 0 bridgehead atoms. The van der Waals surface area contributed by atoms with Gasteiger partial charge in [-0.2, -0.15) is 0 Å². The van der Waals surface area contributed by atoms with E-state index in [0.717, 1.165) is 13.0 Å². The summed E-state index contributed by atoms with van der Waals surface area (Å²) in [4.78, 5) is 1.38. The van der Waals surface area contributed by atoms with Gasteiger partial charge in [0.2, 0.25) is 0 Å². The van der Waals surface area contributed by atoms with Crippen LogP contribution in [0.3, 0.4) is 0 Å². The normalized spacial score (nSPS) is 12.6. The van der Waals surface area contributed by atoms with E-state index < -0.39 is 0 Å². The second-order valence-corrected chi connectivity index (χ2v) is 7.50. The molecule has 2 rings (SSSR count). The molecule has 0 aliphatic carbocycles. The van der Waals surface area contributed by atoms with Crippen molar-refractivity contribution < 1.29 is 0 Å². The van der Waals surface area contributed by atoms with Gasteiger partial charge in [0.05, 0.1) is 9.83 Å². The van der Waals surface area contributed by atoms with Crippen molar-refractivity contribution in [1.29, 1.82) is 0 Å². The van der Waals surface area contributed by atoms with Crippen molar-refractivity contribution in [2.24, 2.45) is 0 Å². The third kappa shape index (κ3) is 3.68. The predicted octanol–water partition coefficient (Wildman–Crippen LogP) is 5.22. The van der Waals surface area contributed by atoms with Crippen LogP contribution in [0.25, 0.3) is 0 Å². The highest BCUT2D eigenvalue weighted by Crippen LogP contribution is 2.33. The Labute approximate surface area is 128 Å². The van der Waals surface area contributed by atoms with Crippen LogP contribution in [0.4, 0.5) is 0 Å². The van der Waals surface area contributed by atoms with Gasteiger partial charge in [-0.25, -0.2) is 0 Å². The van der Waals surface area contributed by atoms with Crippen molar-refractivity contribution in [3.63, 3.8) is 0 Å². The minimum atomic E-state index is 0.295. The highest BCUT2D eigenvalue weighted by atomic mass is 79.9. The maximum atomic E-state index is 3.66. The molecule has 1 heterocycles. The summed E-state index contributed by atoms with van der Waals surface area (Å²) in [6, 6.07) is 11.4. The highest BCUT2D eigenvalue weighted by molar-refractivity contribution is 9.11. The van der Waals surface area contributed by atoms with Crippen molar-refractivity contribution in [3.8, 4) is 0 Å². The van der Waals surface area contributed by atoms with Crippen molar-refractivity contribution >= 4 is 27.3 Å². The topological polar surface area (TPSA) is 12.0 Å². The molecule has 1 nitrogen and oxygen atoms in total. The molecular weight excluding hydrogens is 318 g/mol. The second-order valence-electron chi connectivity index (χ2n) is 4.86. The molecule has 1 N–H and O–H groups in total. The van der Waals surface area contributed by atoms with Gasteiger partial charge in [0.15, 0.2) is 0 Å². The smallest absolute Gasteiger partial charge is 0.0704 e. The largest absolute Gasteiger partial charge is 0.306 e. The van der Waals surface area contributed by atoms with E-state index in [9.17, 15) is 0 Å². The maximum Gasteiger partial charge on any atom is 0.0704 e. The predicted molar refractivity (Wildman–Crippen MR) is 88.1 cm³/mol. The summed E-state index contributed by atoms with van der Waals surface area (Å²) >= 11 is 5.40. The lowest BCUT2D eigenvalue weighted by molar-refractivity contribution is 0.598. The standard InChI is InChI=1S/C16H20BrNS/c1-4-9-18-16(13-7-5-11(2)6-8-13)14-10-15(17)19-12(14)3/h5-8,10,16,18H,4,9H2,1-3H3. The van der Waals surface area contributed by atoms with Crippen LogP contribution in [0.15, 0.2) is 34.1 Å². The maximum absolute atomic E-state index is 3.66. The first kappa shape index (κ1) is 14.8. The van der Waals surface area contributed by atoms with Crippen molar-refractivity contribution in [1.82, 2.24) is 5.32 Å². The van der Waals surface area contributed by atoms with Gasteiger partial charge in [-0.3, -0.25) is 0 Å². The van der Waals surface area contributed by atoms with Gasteiger partial charge < -0.3 is 5.32 Å². The first-order chi connectivity index (χ1) is 9.11. The van der Waals surface area contributed by atoms with Gasteiger partial charge in [0.25, 0.3) is 0 Å². The third-order valence-electron chi connectivity index (χ3n) is 3.25. The molecule has 0 amide bonds. The molecule has 1 aromatic heterocycles. The van der Waals surface area contributed by atoms with Crippen LogP contribution in [-0.2, 0) is 0 Å². The van der Waals surface area contributed by atoms with Crippen molar-refractivity contribution in [3.05, 3.63) is 55.7 Å². The van der Waals surface area contributed by atoms with Crippen molar-refractivity contribution in [2.45, 2.75) is 33.2 Å². The molecule has 0 aliphatic heterocycles. The van der Waals surface area contributed by atoms with Gasteiger partial charge in [0.1, 0.15) is 0 Å². The third-order valence-corrected chi connectivity index (χ3v) is 4.82. The van der Waals surface area contributed by atoms with E-state index in [4.69, 9.17) is 0 Å². The Hall–Kier alpha value is -0.640. The quantitative estimate of drug-likeness (QED) is 0.788. The SMILES string of the molecule is CCCNC(c1ccc(C)cc1)c1cc(Br)sc1C. The number of halogens is 1. The molecule has 3 heteroatoms. The number of rotatable bonds is 5. The number of aryl methyl sites for hydroxylation is 2. The molecule has 2 aromatic rings. The van der Waals surface area contributed by atoms with Crippen LogP contribution in [0, 0.1) is 13.8 Å². The fourth-order valence-corrected chi connectivity index (χ4v) is 3.95. The molecule has 0 aliphatic rings. The Kier molecular flexibility index (Phi) is 5.20. The Balaban J connectivity index is 2.35. The monoisotopic (exact) mass is 337 g/mol. The van der Waals surface area contributed by atoms with Gasteiger partial charge >= 0.3 is 0 Å². The number of nitrogens with one attached hydrogen (secondary N) is 1. The van der Waals surface area contributed by atoms with Crippen LogP contribution in [0.5, 0.6) is 0 Å². The summed E-state index contributed by atoms with van der Waals surface area (Å²) in [7, 11) is 0. The van der Waals surface area contributed by atoms with E-state index in [1.807, 2.05) is 0 Å². The summed E-state index contributed by atoms with van der Waals surface area (Å²) in [6.45, 7) is 7.56. The fraction of sp³-hybridized carbons (Fsp3) is 0.375. The van der Waals surface area contributed by atoms with Gasteiger partial charge in [-0.1, -0.05) is 36.8 Å². The molecule has 0 saturated carbocycles. The van der Waals surface area contributed by atoms with E-state index in [2.05, 4.69) is 72.3 Å². The lowest BCUT2D eigenvalue weighted by Crippen LogP contribution is -2.23. The van der Waals surface area contributed by atoms with Crippen LogP contribution in [0.2, 0.25) is 0 Å². The van der Waals surface area contributed by atoms with Gasteiger partial charge in [-0.05, 0) is 59.9 Å². The van der Waals surface area contributed by atoms with E-state index in [1.165, 1.54) is 25.4 Å². The van der Waals surface area contributed by atoms with Crippen LogP contribution >= 0.6 is 27.3 Å². The average Bonchev–Trinajstić information content (AvgIpc) is 2.71. The summed E-state index contributed by atoms with van der Waals surface area (Å²) < 4.78 is 1.20. The van der Waals surface area contributed by atoms with Crippen LogP contribution in [0.1, 0.15) is 41.0 Å². The number of thiophene rings is 1. The lowest BCUT2D eigenvalue weighted by atomic mass is 9.98. The molecule has 102 valence electrons. The first-order valence-electron chi connectivity index (χ1n) is 6.67. The number of benzene rings is 1. The summed E-state index contributed by atoms with van der Waals surface area (Å²) in [6.07, 6.45) is 1.15. The zero-order valence-corrected chi connectivity index (χ0v) is 14.1. The Bertz CT molecular complexity index is 530. The summed E-state index contributed by atoms with van der Waals surface area (Å²) in [5.41, 5.74) is 4.03. The van der Waals surface area contributed by atoms with Gasteiger partial charge in [0, 0.05) is 4.88 Å². The lowest BCUT2D eigenvalue weighted by Gasteiger charge is -2.19. The molecule has 19 heavy (non-hydrogen) atoms. The molecule has 0 radical (unpaired) electrons. The Morgan fingerprint density at radius 1 is 1.21 bits per heavy atom. The highest BCUT2D eigenvalue weighted by Gasteiger charge is 2.17. The van der Waals surface area contributed by atoms with Crippen LogP contribution < -0.4 is 5.32 Å². The van der Waals surface area contributed by atoms with Gasteiger partial charge in [-0.15, -0.1) is 11.3 Å².